The Morgan fingerprint density at radius 3 is 1.51 bits per heavy atom. The van der Waals surface area contributed by atoms with Gasteiger partial charge in [0.2, 0.25) is 0 Å². The fraction of sp³-hybridized carbons (Fsp3) is 0.0400. The van der Waals surface area contributed by atoms with E-state index in [9.17, 15) is 5.11 Å². The average molecular weight is 683 g/mol. The van der Waals surface area contributed by atoms with Crippen molar-refractivity contribution in [3.8, 4) is 16.8 Å². The lowest BCUT2D eigenvalue weighted by Gasteiger charge is -2.33. The fourth-order valence-corrected chi connectivity index (χ4v) is 7.93. The van der Waals surface area contributed by atoms with E-state index in [4.69, 9.17) is 0 Å². The Balaban J connectivity index is 1.17. The number of nitrogens with zero attached hydrogens (tertiary/aromatic N) is 2. The number of anilines is 3. The lowest BCUT2D eigenvalue weighted by molar-refractivity contribution is 0.126. The van der Waals surface area contributed by atoms with E-state index in [1.165, 1.54) is 10.8 Å². The molecule has 0 spiro atoms. The van der Waals surface area contributed by atoms with Gasteiger partial charge in [-0.2, -0.15) is 0 Å². The molecule has 254 valence electrons. The van der Waals surface area contributed by atoms with Crippen molar-refractivity contribution in [3.05, 3.63) is 229 Å². The number of aryl methyl sites for hydroxylation is 1. The molecule has 8 aromatic carbocycles. The number of benzene rings is 8. The summed E-state index contributed by atoms with van der Waals surface area (Å²) in [5, 5.41) is 15.7. The lowest BCUT2D eigenvalue weighted by Crippen LogP contribution is -2.29. The monoisotopic (exact) mass is 682 g/mol. The predicted octanol–water partition coefficient (Wildman–Crippen LogP) is 12.5. The molecule has 0 radical (unpaired) electrons. The van der Waals surface area contributed by atoms with E-state index in [1.807, 2.05) is 48.5 Å². The molecule has 1 atom stereocenters. The highest BCUT2D eigenvalue weighted by Crippen LogP contribution is 2.44. The minimum Gasteiger partial charge on any atom is -0.376 e. The standard InChI is InChI=1S/C50H38N2O/c1-36-35-42(51(39-19-7-3-8-20-39)40-21-9-4-10-22-40)33-34-43(36)44-23-11-14-26-47(44)50(53,37-17-5-2-6-18-37)38-29-31-41(32-30-38)52-48-27-15-12-24-45(48)46-25-13-16-28-49(46)52/h2-35,53H,1H3. The summed E-state index contributed by atoms with van der Waals surface area (Å²) in [6, 6.07) is 71.4. The second kappa shape index (κ2) is 13.5. The highest BCUT2D eigenvalue weighted by Gasteiger charge is 2.36. The minimum absolute atomic E-state index is 0.800. The molecule has 53 heavy (non-hydrogen) atoms. The molecule has 0 saturated heterocycles. The summed E-state index contributed by atoms with van der Waals surface area (Å²) in [5.41, 5.74) is 10.8. The van der Waals surface area contributed by atoms with E-state index in [2.05, 4.69) is 174 Å². The first-order valence-electron chi connectivity index (χ1n) is 18.1. The van der Waals surface area contributed by atoms with Crippen LogP contribution in [-0.4, -0.2) is 9.67 Å². The summed E-state index contributed by atoms with van der Waals surface area (Å²) < 4.78 is 2.31. The van der Waals surface area contributed by atoms with Crippen LogP contribution in [0.15, 0.2) is 206 Å². The molecule has 0 fully saturated rings. The van der Waals surface area contributed by atoms with Gasteiger partial charge in [0.1, 0.15) is 5.60 Å². The topological polar surface area (TPSA) is 28.4 Å². The number of aliphatic hydroxyl groups is 1. The van der Waals surface area contributed by atoms with Crippen LogP contribution in [0, 0.1) is 6.92 Å². The summed E-state index contributed by atoms with van der Waals surface area (Å²) in [6.07, 6.45) is 0. The molecule has 1 unspecified atom stereocenters. The summed E-state index contributed by atoms with van der Waals surface area (Å²) in [4.78, 5) is 2.28. The van der Waals surface area contributed by atoms with Gasteiger partial charge in [-0.3, -0.25) is 0 Å². The van der Waals surface area contributed by atoms with Gasteiger partial charge < -0.3 is 14.6 Å². The number of para-hydroxylation sites is 4. The van der Waals surface area contributed by atoms with Crippen LogP contribution < -0.4 is 4.90 Å². The van der Waals surface area contributed by atoms with Crippen LogP contribution in [0.2, 0.25) is 0 Å². The van der Waals surface area contributed by atoms with Gasteiger partial charge in [-0.25, -0.2) is 0 Å². The van der Waals surface area contributed by atoms with Gasteiger partial charge in [0.05, 0.1) is 11.0 Å². The first-order chi connectivity index (χ1) is 26.1. The zero-order chi connectivity index (χ0) is 35.8. The van der Waals surface area contributed by atoms with E-state index < -0.39 is 5.60 Å². The molecule has 9 aromatic rings. The largest absolute Gasteiger partial charge is 0.376 e. The molecular weight excluding hydrogens is 645 g/mol. The van der Waals surface area contributed by atoms with E-state index in [0.717, 1.165) is 67.2 Å². The molecule has 0 amide bonds. The molecule has 0 aliphatic heterocycles. The number of hydrogen-bond acceptors (Lipinski definition) is 2. The van der Waals surface area contributed by atoms with Gasteiger partial charge in [-0.15, -0.1) is 0 Å². The van der Waals surface area contributed by atoms with Crippen LogP contribution >= 0.6 is 0 Å². The Morgan fingerprint density at radius 1 is 0.434 bits per heavy atom. The van der Waals surface area contributed by atoms with Crippen LogP contribution in [0.4, 0.5) is 17.1 Å². The maximum absolute atomic E-state index is 13.2. The van der Waals surface area contributed by atoms with Crippen LogP contribution in [0.5, 0.6) is 0 Å². The molecule has 0 bridgehead atoms. The van der Waals surface area contributed by atoms with Gasteiger partial charge in [-0.1, -0.05) is 146 Å². The number of rotatable bonds is 8. The highest BCUT2D eigenvalue weighted by molar-refractivity contribution is 6.09. The maximum atomic E-state index is 13.2. The smallest absolute Gasteiger partial charge is 0.141 e. The maximum Gasteiger partial charge on any atom is 0.141 e. The van der Waals surface area contributed by atoms with Crippen molar-refractivity contribution in [1.82, 2.24) is 4.57 Å². The molecule has 3 heteroatoms. The summed E-state index contributed by atoms with van der Waals surface area (Å²) in [7, 11) is 0. The minimum atomic E-state index is -1.43. The molecule has 1 N–H and O–H groups in total. The second-order valence-corrected chi connectivity index (χ2v) is 13.5. The normalized spacial score (nSPS) is 12.5. The molecule has 1 aromatic heterocycles. The van der Waals surface area contributed by atoms with Crippen LogP contribution in [0.3, 0.4) is 0 Å². The van der Waals surface area contributed by atoms with Crippen molar-refractivity contribution in [1.29, 1.82) is 0 Å². The van der Waals surface area contributed by atoms with Gasteiger partial charge in [-0.05, 0) is 95.4 Å². The van der Waals surface area contributed by atoms with Gasteiger partial charge in [0.25, 0.3) is 0 Å². The van der Waals surface area contributed by atoms with E-state index in [1.54, 1.807) is 0 Å². The third kappa shape index (κ3) is 5.59. The van der Waals surface area contributed by atoms with Crippen molar-refractivity contribution in [3.63, 3.8) is 0 Å². The SMILES string of the molecule is Cc1cc(N(c2ccccc2)c2ccccc2)ccc1-c1ccccc1C(O)(c1ccccc1)c1ccc(-n2c3ccccc3c3ccccc32)cc1. The Morgan fingerprint density at radius 2 is 0.925 bits per heavy atom. The molecular formula is C50H38N2O. The van der Waals surface area contributed by atoms with Gasteiger partial charge in [0, 0.05) is 39.1 Å². The molecule has 0 aliphatic carbocycles. The molecule has 3 nitrogen and oxygen atoms in total. The Hall–Kier alpha value is -6.68. The molecule has 1 heterocycles. The number of fused-ring (bicyclic) bond motifs is 3. The number of aromatic nitrogens is 1. The van der Waals surface area contributed by atoms with E-state index >= 15 is 0 Å². The summed E-state index contributed by atoms with van der Waals surface area (Å²) in [5.74, 6) is 0. The van der Waals surface area contributed by atoms with E-state index in [0.29, 0.717) is 0 Å². The van der Waals surface area contributed by atoms with Crippen LogP contribution in [0.25, 0.3) is 38.6 Å². The number of hydrogen-bond donors (Lipinski definition) is 1. The zero-order valence-electron chi connectivity index (χ0n) is 29.5. The predicted molar refractivity (Wildman–Crippen MR) is 221 cm³/mol. The first-order valence-corrected chi connectivity index (χ1v) is 18.1. The zero-order valence-corrected chi connectivity index (χ0v) is 29.5. The highest BCUT2D eigenvalue weighted by atomic mass is 16.3. The van der Waals surface area contributed by atoms with Crippen molar-refractivity contribution in [2.45, 2.75) is 12.5 Å². The van der Waals surface area contributed by atoms with Gasteiger partial charge in [0.15, 0.2) is 0 Å². The third-order valence-corrected chi connectivity index (χ3v) is 10.4. The van der Waals surface area contributed by atoms with Crippen molar-refractivity contribution in [2.75, 3.05) is 4.90 Å². The van der Waals surface area contributed by atoms with Crippen LogP contribution in [0.1, 0.15) is 22.3 Å². The summed E-state index contributed by atoms with van der Waals surface area (Å²) in [6.45, 7) is 2.16. The Bertz CT molecular complexity index is 2590. The molecule has 9 rings (SSSR count). The third-order valence-electron chi connectivity index (χ3n) is 10.4. The van der Waals surface area contributed by atoms with Crippen molar-refractivity contribution in [2.24, 2.45) is 0 Å². The lowest BCUT2D eigenvalue weighted by atomic mass is 9.77. The summed E-state index contributed by atoms with van der Waals surface area (Å²) >= 11 is 0. The Labute approximate surface area is 310 Å². The second-order valence-electron chi connectivity index (χ2n) is 13.5. The molecule has 0 aliphatic rings. The van der Waals surface area contributed by atoms with Crippen LogP contribution in [-0.2, 0) is 5.60 Å². The average Bonchev–Trinajstić information content (AvgIpc) is 3.56. The van der Waals surface area contributed by atoms with Crippen molar-refractivity contribution >= 4 is 38.9 Å². The van der Waals surface area contributed by atoms with E-state index in [-0.39, 0.29) is 0 Å². The van der Waals surface area contributed by atoms with Gasteiger partial charge >= 0.3 is 0 Å². The first kappa shape index (κ1) is 32.2. The molecule has 0 saturated carbocycles. The van der Waals surface area contributed by atoms with Crippen molar-refractivity contribution < 1.29 is 5.11 Å². The quantitative estimate of drug-likeness (QED) is 0.162. The Kier molecular flexibility index (Phi) is 8.19. The fourth-order valence-electron chi connectivity index (χ4n) is 7.93.